The summed E-state index contributed by atoms with van der Waals surface area (Å²) in [5.74, 6) is 2.56. The van der Waals surface area contributed by atoms with E-state index in [1.54, 1.807) is 4.90 Å². The lowest BCUT2D eigenvalue weighted by Crippen LogP contribution is -2.48. The third kappa shape index (κ3) is 7.22. The number of nitrogens with one attached hydrogen (secondary N) is 2. The van der Waals surface area contributed by atoms with Crippen LogP contribution in [0.3, 0.4) is 0 Å². The lowest BCUT2D eigenvalue weighted by atomic mass is 9.85. The first-order chi connectivity index (χ1) is 22.2. The second-order valence-corrected chi connectivity index (χ2v) is 14.7. The smallest absolute Gasteiger partial charge is 0.320 e. The number of carbonyl (C=O) groups excluding carboxylic acids is 2. The molecule has 1 fully saturated rings. The number of carbonyl (C=O) groups is 2. The van der Waals surface area contributed by atoms with Gasteiger partial charge in [0.15, 0.2) is 5.65 Å². The number of hydrogen-bond donors (Lipinski definition) is 2. The average Bonchev–Trinajstić information content (AvgIpc) is 3.43. The van der Waals surface area contributed by atoms with E-state index in [4.69, 9.17) is 9.72 Å². The maximum Gasteiger partial charge on any atom is 0.320 e. The number of ether oxygens (including phenoxy) is 1. The van der Waals surface area contributed by atoms with Crippen LogP contribution in [0.1, 0.15) is 95.0 Å². The maximum atomic E-state index is 13.4. The van der Waals surface area contributed by atoms with Crippen LogP contribution in [0.25, 0.3) is 5.65 Å². The van der Waals surface area contributed by atoms with Crippen LogP contribution < -0.4 is 15.4 Å². The molecule has 0 spiro atoms. The highest BCUT2D eigenvalue weighted by molar-refractivity contribution is 5.88. The number of likely N-dealkylation sites (N-methyl/N-ethyl adjacent to an activating group) is 1. The van der Waals surface area contributed by atoms with Crippen LogP contribution in [0.5, 0.6) is 5.75 Å². The summed E-state index contributed by atoms with van der Waals surface area (Å²) >= 11 is 0. The Morgan fingerprint density at radius 3 is 2.45 bits per heavy atom. The molecule has 0 bridgehead atoms. The highest BCUT2D eigenvalue weighted by Crippen LogP contribution is 2.39. The van der Waals surface area contributed by atoms with Gasteiger partial charge < -0.3 is 15.0 Å². The first-order valence-electron chi connectivity index (χ1n) is 16.3. The molecule has 4 heterocycles. The molecule has 6 rings (SSSR count). The van der Waals surface area contributed by atoms with Crippen LogP contribution in [0, 0.1) is 0 Å². The Bertz CT molecular complexity index is 1790. The van der Waals surface area contributed by atoms with Gasteiger partial charge in [0.25, 0.3) is 0 Å². The minimum atomic E-state index is -0.350. The van der Waals surface area contributed by atoms with E-state index in [9.17, 15) is 9.59 Å². The van der Waals surface area contributed by atoms with E-state index in [-0.39, 0.29) is 34.9 Å². The molecule has 1 aliphatic carbocycles. The Balaban J connectivity index is 1.17. The largest absolute Gasteiger partial charge is 0.484 e. The number of urea groups is 1. The normalized spacial score (nSPS) is 19.0. The minimum absolute atomic E-state index is 0.0444. The lowest BCUT2D eigenvalue weighted by molar-refractivity contribution is -0.136. The summed E-state index contributed by atoms with van der Waals surface area (Å²) < 4.78 is 8.55. The van der Waals surface area contributed by atoms with Gasteiger partial charge in [-0.25, -0.2) is 14.8 Å². The number of pyridine rings is 1. The second-order valence-electron chi connectivity index (χ2n) is 14.7. The predicted molar refractivity (Wildman–Crippen MR) is 179 cm³/mol. The van der Waals surface area contributed by atoms with Crippen molar-refractivity contribution in [2.75, 3.05) is 32.0 Å². The number of piperazine rings is 1. The van der Waals surface area contributed by atoms with Crippen LogP contribution in [-0.4, -0.2) is 73.0 Å². The van der Waals surface area contributed by atoms with E-state index in [1.165, 1.54) is 0 Å². The zero-order valence-corrected chi connectivity index (χ0v) is 28.4. The van der Waals surface area contributed by atoms with E-state index in [2.05, 4.69) is 73.4 Å². The van der Waals surface area contributed by atoms with Crippen LogP contribution in [0.2, 0.25) is 0 Å². The third-order valence-corrected chi connectivity index (χ3v) is 8.69. The molecule has 2 N–H and O–H groups in total. The van der Waals surface area contributed by atoms with Gasteiger partial charge >= 0.3 is 6.03 Å². The van der Waals surface area contributed by atoms with E-state index in [1.807, 2.05) is 58.9 Å². The first kappa shape index (κ1) is 32.4. The molecule has 1 aromatic carbocycles. The summed E-state index contributed by atoms with van der Waals surface area (Å²) in [6, 6.07) is 13.2. The number of benzene rings is 1. The number of fused-ring (bicyclic) bond motifs is 2. The van der Waals surface area contributed by atoms with Gasteiger partial charge in [-0.05, 0) is 43.1 Å². The predicted octanol–water partition coefficient (Wildman–Crippen LogP) is 5.17. The Morgan fingerprint density at radius 2 is 1.72 bits per heavy atom. The Labute approximate surface area is 275 Å². The van der Waals surface area contributed by atoms with Gasteiger partial charge in [-0.3, -0.25) is 19.4 Å². The summed E-state index contributed by atoms with van der Waals surface area (Å²) in [4.78, 5) is 39.2. The quantitative estimate of drug-likeness (QED) is 0.296. The third-order valence-electron chi connectivity index (χ3n) is 8.69. The van der Waals surface area contributed by atoms with E-state index < -0.39 is 0 Å². The van der Waals surface area contributed by atoms with Crippen LogP contribution >= 0.6 is 0 Å². The molecule has 2 aliphatic rings. The number of anilines is 1. The zero-order chi connectivity index (χ0) is 33.5. The highest BCUT2D eigenvalue weighted by Gasteiger charge is 2.30. The average molecular weight is 640 g/mol. The van der Waals surface area contributed by atoms with Crippen molar-refractivity contribution >= 4 is 23.4 Å². The number of aromatic nitrogens is 5. The highest BCUT2D eigenvalue weighted by atomic mass is 16.5. The summed E-state index contributed by atoms with van der Waals surface area (Å²) in [6.45, 7) is 14.6. The molecule has 47 heavy (non-hydrogen) atoms. The minimum Gasteiger partial charge on any atom is -0.484 e. The van der Waals surface area contributed by atoms with E-state index in [0.717, 1.165) is 47.0 Å². The Morgan fingerprint density at radius 1 is 0.957 bits per heavy atom. The summed E-state index contributed by atoms with van der Waals surface area (Å²) in [7, 11) is 1.94. The van der Waals surface area contributed by atoms with Gasteiger partial charge in [0.1, 0.15) is 29.3 Å². The van der Waals surface area contributed by atoms with Gasteiger partial charge in [-0.1, -0.05) is 65.8 Å². The van der Waals surface area contributed by atoms with Crippen molar-refractivity contribution in [3.8, 4) is 5.75 Å². The number of amides is 3. The molecule has 2 atom stereocenters. The van der Waals surface area contributed by atoms with Crippen molar-refractivity contribution < 1.29 is 14.3 Å². The topological polar surface area (TPSA) is 130 Å². The first-order valence-corrected chi connectivity index (χ1v) is 16.3. The monoisotopic (exact) mass is 639 g/mol. The van der Waals surface area contributed by atoms with Crippen molar-refractivity contribution in [1.82, 2.24) is 39.7 Å². The zero-order valence-electron chi connectivity index (χ0n) is 28.4. The second kappa shape index (κ2) is 12.6. The molecule has 1 aliphatic heterocycles. The van der Waals surface area contributed by atoms with Crippen molar-refractivity contribution in [2.24, 2.45) is 0 Å². The molecule has 3 aromatic heterocycles. The van der Waals surface area contributed by atoms with Crippen LogP contribution in [0.15, 0.2) is 48.7 Å². The standard InChI is InChI=1S/C35H45N9O3/c1-34(2,3)27-18-28(38-29(37-27)20-43-17-16-42(7)21-31(43)45)39-33(46)36-25-13-14-26(24-11-9-8-10-23(24)25)47-22-12-15-30-40-41-32(35(4,5)6)44(30)19-22/h8-12,15,18-19,25-26H,13-14,16-17,20-21H2,1-7H3,(H2,36,37,38,39,46)/t25-,26+/m0/s1. The fraction of sp³-hybridized carbons (Fsp3) is 0.486. The SMILES string of the molecule is CN1CCN(Cc2nc(NC(=O)N[C@H]3CC[C@@H](Oc4ccc5nnc(C(C)(C)C)n5c4)c4ccccc43)cc(C(C)(C)C)n2)C(=O)C1. The molecule has 12 nitrogen and oxygen atoms in total. The fourth-order valence-electron chi connectivity index (χ4n) is 6.13. The molecule has 12 heteroatoms. The summed E-state index contributed by atoms with van der Waals surface area (Å²) in [5.41, 5.74) is 3.19. The van der Waals surface area contributed by atoms with Crippen molar-refractivity contribution in [3.63, 3.8) is 0 Å². The van der Waals surface area contributed by atoms with E-state index >= 15 is 0 Å². The number of rotatable bonds is 6. The Kier molecular flexibility index (Phi) is 8.64. The molecule has 0 unspecified atom stereocenters. The van der Waals surface area contributed by atoms with Crippen LogP contribution in [0.4, 0.5) is 10.6 Å². The molecular formula is C35H45N9O3. The molecule has 248 valence electrons. The molecule has 0 saturated carbocycles. The van der Waals surface area contributed by atoms with Gasteiger partial charge in [0.05, 0.1) is 31.0 Å². The van der Waals surface area contributed by atoms with Crippen molar-refractivity contribution in [3.05, 3.63) is 77.1 Å². The molecular weight excluding hydrogens is 594 g/mol. The summed E-state index contributed by atoms with van der Waals surface area (Å²) in [5, 5.41) is 14.8. The molecule has 0 radical (unpaired) electrons. The van der Waals surface area contributed by atoms with Gasteiger partial charge in [-0.2, -0.15) is 0 Å². The summed E-state index contributed by atoms with van der Waals surface area (Å²) in [6.07, 6.45) is 3.21. The molecule has 4 aromatic rings. The fourth-order valence-corrected chi connectivity index (χ4v) is 6.13. The number of nitrogens with zero attached hydrogens (tertiary/aromatic N) is 7. The lowest BCUT2D eigenvalue weighted by Gasteiger charge is -2.32. The molecule has 3 amide bonds. The van der Waals surface area contributed by atoms with Gasteiger partial charge in [0.2, 0.25) is 5.91 Å². The van der Waals surface area contributed by atoms with Crippen molar-refractivity contribution in [1.29, 1.82) is 0 Å². The maximum absolute atomic E-state index is 13.4. The van der Waals surface area contributed by atoms with E-state index in [0.29, 0.717) is 37.7 Å². The van der Waals surface area contributed by atoms with Gasteiger partial charge in [0, 0.05) is 30.0 Å². The van der Waals surface area contributed by atoms with Crippen molar-refractivity contribution in [2.45, 2.75) is 83.9 Å². The van der Waals surface area contributed by atoms with Gasteiger partial charge in [-0.15, -0.1) is 10.2 Å². The number of hydrogen-bond acceptors (Lipinski definition) is 8. The van der Waals surface area contributed by atoms with Crippen LogP contribution in [-0.2, 0) is 22.2 Å². The molecule has 1 saturated heterocycles. The Hall–Kier alpha value is -4.58.